The monoisotopic (exact) mass is 535 g/mol. The molecule has 40 heavy (non-hydrogen) atoms. The number of pyridine rings is 1. The number of hydrogen-bond donors (Lipinski definition) is 1. The van der Waals surface area contributed by atoms with E-state index in [0.717, 1.165) is 30.2 Å². The number of piperazine rings is 1. The quantitative estimate of drug-likeness (QED) is 0.369. The Morgan fingerprint density at radius 1 is 1.20 bits per heavy atom. The van der Waals surface area contributed by atoms with Crippen LogP contribution in [0.2, 0.25) is 0 Å². The third-order valence-corrected chi connectivity index (χ3v) is 7.93. The average molecular weight is 536 g/mol. The van der Waals surface area contributed by atoms with E-state index in [-0.39, 0.29) is 29.3 Å². The number of terminal acetylenes is 1. The Balaban J connectivity index is 1.48. The summed E-state index contributed by atoms with van der Waals surface area (Å²) in [6, 6.07) is 14.0. The molecule has 4 aromatic rings. The molecule has 202 valence electrons. The number of rotatable bonds is 6. The van der Waals surface area contributed by atoms with Gasteiger partial charge in [-0.1, -0.05) is 36.3 Å². The van der Waals surface area contributed by atoms with E-state index in [0.29, 0.717) is 55.0 Å². The molecule has 2 aliphatic rings. The van der Waals surface area contributed by atoms with E-state index in [2.05, 4.69) is 44.1 Å². The molecule has 1 N–H and O–H groups in total. The van der Waals surface area contributed by atoms with Gasteiger partial charge in [0.1, 0.15) is 23.6 Å². The van der Waals surface area contributed by atoms with E-state index >= 15 is 4.39 Å². The molecule has 0 amide bonds. The van der Waals surface area contributed by atoms with Crippen molar-refractivity contribution in [2.75, 3.05) is 44.7 Å². The second-order valence-corrected chi connectivity index (χ2v) is 10.4. The number of ether oxygens (including phenoxy) is 1. The van der Waals surface area contributed by atoms with Gasteiger partial charge in [0, 0.05) is 54.4 Å². The summed E-state index contributed by atoms with van der Waals surface area (Å²) >= 11 is 0. The van der Waals surface area contributed by atoms with Crippen LogP contribution in [0, 0.1) is 29.5 Å². The van der Waals surface area contributed by atoms with Gasteiger partial charge in [0.05, 0.1) is 17.9 Å². The molecule has 0 spiro atoms. The molecule has 2 saturated heterocycles. The van der Waals surface area contributed by atoms with Gasteiger partial charge in [0.2, 0.25) is 0 Å². The van der Waals surface area contributed by atoms with Crippen molar-refractivity contribution in [3.63, 3.8) is 0 Å². The summed E-state index contributed by atoms with van der Waals surface area (Å²) in [5, 5.41) is 14.8. The number of hydrogen-bond acceptors (Lipinski definition) is 8. The van der Waals surface area contributed by atoms with E-state index in [1.165, 1.54) is 0 Å². The van der Waals surface area contributed by atoms with Crippen molar-refractivity contribution in [3.8, 4) is 35.7 Å². The van der Waals surface area contributed by atoms with Crippen molar-refractivity contribution in [2.24, 2.45) is 0 Å². The molecular formula is C31H30FN7O. The number of likely N-dealkylation sites (N-methyl/N-ethyl adjacent to an activating group) is 1. The van der Waals surface area contributed by atoms with Crippen molar-refractivity contribution < 1.29 is 9.13 Å². The van der Waals surface area contributed by atoms with Crippen LogP contribution in [0.15, 0.2) is 42.6 Å². The molecule has 6 rings (SSSR count). The first-order chi connectivity index (χ1) is 19.6. The number of nitrogens with zero attached hydrogens (tertiary/aromatic N) is 6. The minimum absolute atomic E-state index is 0.0183. The van der Waals surface area contributed by atoms with Gasteiger partial charge in [0.15, 0.2) is 5.82 Å². The fourth-order valence-corrected chi connectivity index (χ4v) is 5.80. The van der Waals surface area contributed by atoms with E-state index in [1.54, 1.807) is 6.20 Å². The first-order valence-corrected chi connectivity index (χ1v) is 13.6. The van der Waals surface area contributed by atoms with Crippen LogP contribution in [-0.4, -0.2) is 71.8 Å². The van der Waals surface area contributed by atoms with Gasteiger partial charge < -0.3 is 19.9 Å². The van der Waals surface area contributed by atoms with Crippen molar-refractivity contribution in [1.82, 2.24) is 25.2 Å². The van der Waals surface area contributed by atoms with E-state index < -0.39 is 5.82 Å². The highest BCUT2D eigenvalue weighted by atomic mass is 19.1. The summed E-state index contributed by atoms with van der Waals surface area (Å²) in [5.74, 6) is 2.73. The highest BCUT2D eigenvalue weighted by Gasteiger charge is 2.27. The van der Waals surface area contributed by atoms with Gasteiger partial charge in [0.25, 0.3) is 0 Å². The molecular weight excluding hydrogens is 505 g/mol. The Hall–Kier alpha value is -4.31. The smallest absolute Gasteiger partial charge is 0.319 e. The number of aromatic nitrogens is 3. The number of likely N-dealkylation sites (tertiary alicyclic amines) is 1. The standard InChI is InChI=1S/C31H30FN7O/c1-3-20-7-4-8-21-9-5-11-24(26(20)21)28-27(32)29-25(17-35-28)30(39-16-14-34-22(18-39)12-13-33)37-31(36-29)40-19-23-10-6-15-38(23)2/h1,4-5,7-9,11,17,22-23,34H,6,10,12,14-16,18-19H2,2H3/t22-,23-/m0/s1. The highest BCUT2D eigenvalue weighted by Crippen LogP contribution is 2.36. The van der Waals surface area contributed by atoms with Gasteiger partial charge in [-0.25, -0.2) is 4.39 Å². The topological polar surface area (TPSA) is 90.2 Å². The lowest BCUT2D eigenvalue weighted by Gasteiger charge is -2.34. The lowest BCUT2D eigenvalue weighted by atomic mass is 9.97. The van der Waals surface area contributed by atoms with E-state index in [1.807, 2.05) is 36.4 Å². The molecule has 2 atom stereocenters. The summed E-state index contributed by atoms with van der Waals surface area (Å²) in [4.78, 5) is 18.3. The lowest BCUT2D eigenvalue weighted by molar-refractivity contribution is 0.188. The van der Waals surface area contributed by atoms with Crippen LogP contribution in [0.25, 0.3) is 32.9 Å². The Morgan fingerprint density at radius 3 is 2.83 bits per heavy atom. The highest BCUT2D eigenvalue weighted by molar-refractivity contribution is 6.02. The molecule has 0 saturated carbocycles. The van der Waals surface area contributed by atoms with Gasteiger partial charge in [-0.05, 0) is 37.9 Å². The van der Waals surface area contributed by atoms with Crippen LogP contribution in [0.3, 0.4) is 0 Å². The summed E-state index contributed by atoms with van der Waals surface area (Å²) in [5.41, 5.74) is 1.61. The Morgan fingerprint density at radius 2 is 2.05 bits per heavy atom. The van der Waals surface area contributed by atoms with Gasteiger partial charge in [-0.15, -0.1) is 6.42 Å². The molecule has 0 unspecified atom stereocenters. The first-order valence-electron chi connectivity index (χ1n) is 13.6. The van der Waals surface area contributed by atoms with Crippen LogP contribution in [0.4, 0.5) is 10.2 Å². The third kappa shape index (κ3) is 4.79. The maximum Gasteiger partial charge on any atom is 0.319 e. The maximum atomic E-state index is 16.5. The zero-order valence-corrected chi connectivity index (χ0v) is 22.4. The van der Waals surface area contributed by atoms with Crippen molar-refractivity contribution >= 4 is 27.5 Å². The largest absolute Gasteiger partial charge is 0.462 e. The molecule has 0 aliphatic carbocycles. The lowest BCUT2D eigenvalue weighted by Crippen LogP contribution is -2.51. The van der Waals surface area contributed by atoms with Gasteiger partial charge in [-0.2, -0.15) is 15.2 Å². The molecule has 4 heterocycles. The predicted molar refractivity (Wildman–Crippen MR) is 154 cm³/mol. The average Bonchev–Trinajstić information content (AvgIpc) is 3.40. The fourth-order valence-electron chi connectivity index (χ4n) is 5.80. The van der Waals surface area contributed by atoms with Crippen LogP contribution < -0.4 is 15.0 Å². The summed E-state index contributed by atoms with van der Waals surface area (Å²) in [6.45, 7) is 3.33. The van der Waals surface area contributed by atoms with Crippen molar-refractivity contribution in [1.29, 1.82) is 5.26 Å². The fraction of sp³-hybridized carbons (Fsp3) is 0.355. The number of anilines is 1. The Bertz CT molecular complexity index is 1650. The molecule has 2 fully saturated rings. The number of benzene rings is 2. The Kier molecular flexibility index (Phi) is 7.17. The molecule has 0 radical (unpaired) electrons. The van der Waals surface area contributed by atoms with Crippen LogP contribution in [0.1, 0.15) is 24.8 Å². The summed E-state index contributed by atoms with van der Waals surface area (Å²) in [7, 11) is 2.08. The molecule has 8 nitrogen and oxygen atoms in total. The van der Waals surface area contributed by atoms with Crippen molar-refractivity contribution in [2.45, 2.75) is 31.3 Å². The molecule has 2 aromatic heterocycles. The zero-order chi connectivity index (χ0) is 27.6. The molecule has 9 heteroatoms. The summed E-state index contributed by atoms with van der Waals surface area (Å²) < 4.78 is 22.6. The Labute approximate surface area is 232 Å². The van der Waals surface area contributed by atoms with Crippen LogP contribution >= 0.6 is 0 Å². The SMILES string of the molecule is C#Cc1cccc2cccc(-c3ncc4c(N5CCN[C@@H](CC#N)C5)nc(OC[C@@H]5CCCN5C)nc4c3F)c12. The zero-order valence-electron chi connectivity index (χ0n) is 22.4. The van der Waals surface area contributed by atoms with Gasteiger partial charge in [-0.3, -0.25) is 4.98 Å². The predicted octanol–water partition coefficient (Wildman–Crippen LogP) is 4.13. The number of halogens is 1. The van der Waals surface area contributed by atoms with E-state index in [9.17, 15) is 5.26 Å². The minimum atomic E-state index is -0.549. The number of fused-ring (bicyclic) bond motifs is 2. The van der Waals surface area contributed by atoms with Crippen LogP contribution in [-0.2, 0) is 0 Å². The minimum Gasteiger partial charge on any atom is -0.462 e. The molecule has 2 aromatic carbocycles. The first kappa shape index (κ1) is 25.9. The normalized spacial score (nSPS) is 19.6. The van der Waals surface area contributed by atoms with Crippen molar-refractivity contribution in [3.05, 3.63) is 54.0 Å². The third-order valence-electron chi connectivity index (χ3n) is 7.93. The second kappa shape index (κ2) is 11.1. The van der Waals surface area contributed by atoms with Crippen LogP contribution in [0.5, 0.6) is 6.01 Å². The van der Waals surface area contributed by atoms with Gasteiger partial charge >= 0.3 is 6.01 Å². The summed E-state index contributed by atoms with van der Waals surface area (Å²) in [6.07, 6.45) is 9.96. The van der Waals surface area contributed by atoms with E-state index in [4.69, 9.17) is 16.1 Å². The molecule has 2 aliphatic heterocycles. The number of nitrogens with one attached hydrogen (secondary N) is 1. The molecule has 0 bridgehead atoms. The number of nitriles is 1. The maximum absolute atomic E-state index is 16.5. The second-order valence-electron chi connectivity index (χ2n) is 10.4.